The summed E-state index contributed by atoms with van der Waals surface area (Å²) >= 11 is 5.02. The fourth-order valence-electron chi connectivity index (χ4n) is 1.67. The lowest BCUT2D eigenvalue weighted by atomic mass is 10.2. The lowest BCUT2D eigenvalue weighted by Gasteiger charge is -2.11. The van der Waals surface area contributed by atoms with Crippen LogP contribution in [0.5, 0.6) is 5.75 Å². The molecule has 1 heterocycles. The molecule has 0 saturated heterocycles. The van der Waals surface area contributed by atoms with Gasteiger partial charge in [-0.15, -0.1) is 11.8 Å². The van der Waals surface area contributed by atoms with Crippen LogP contribution in [0.1, 0.15) is 18.6 Å². The van der Waals surface area contributed by atoms with Crippen molar-refractivity contribution in [1.82, 2.24) is 4.98 Å². The van der Waals surface area contributed by atoms with Gasteiger partial charge in [-0.05, 0) is 37.3 Å². The number of hydrogen-bond donors (Lipinski definition) is 1. The molecule has 20 heavy (non-hydrogen) atoms. The van der Waals surface area contributed by atoms with Crippen LogP contribution in [0.4, 0.5) is 0 Å². The quantitative estimate of drug-likeness (QED) is 0.794. The van der Waals surface area contributed by atoms with Crippen LogP contribution in [-0.4, -0.2) is 22.5 Å². The molecule has 2 aromatic rings. The molecule has 0 saturated carbocycles. The number of hydrogen-bond acceptors (Lipinski definition) is 4. The third-order valence-electron chi connectivity index (χ3n) is 2.65. The molecule has 3 nitrogen and oxygen atoms in total. The highest BCUT2D eigenvalue weighted by molar-refractivity contribution is 9.10. The zero-order valence-corrected chi connectivity index (χ0v) is 13.5. The monoisotopic (exact) mass is 353 g/mol. The zero-order chi connectivity index (χ0) is 14.4. The van der Waals surface area contributed by atoms with Crippen molar-refractivity contribution >= 4 is 27.7 Å². The van der Waals surface area contributed by atoms with Gasteiger partial charge in [0, 0.05) is 26.9 Å². The first kappa shape index (κ1) is 15.4. The molecule has 0 radical (unpaired) electrons. The Balaban J connectivity index is 1.95. The molecule has 2 rings (SSSR count). The van der Waals surface area contributed by atoms with Crippen molar-refractivity contribution in [3.8, 4) is 5.75 Å². The summed E-state index contributed by atoms with van der Waals surface area (Å²) in [6.07, 6.45) is 2.77. The van der Waals surface area contributed by atoms with Crippen molar-refractivity contribution in [3.05, 3.63) is 52.8 Å². The van der Waals surface area contributed by atoms with Crippen LogP contribution in [0.3, 0.4) is 0 Å². The smallest absolute Gasteiger partial charge is 0.137 e. The second kappa shape index (κ2) is 7.67. The van der Waals surface area contributed by atoms with Gasteiger partial charge in [-0.25, -0.2) is 0 Å². The Morgan fingerprint density at radius 1 is 1.30 bits per heavy atom. The Morgan fingerprint density at radius 2 is 2.05 bits per heavy atom. The fourth-order valence-corrected chi connectivity index (χ4v) is 2.80. The van der Waals surface area contributed by atoms with Gasteiger partial charge in [0.15, 0.2) is 0 Å². The average molecular weight is 354 g/mol. The summed E-state index contributed by atoms with van der Waals surface area (Å²) in [6.45, 7) is 2.52. The van der Waals surface area contributed by atoms with Crippen molar-refractivity contribution in [1.29, 1.82) is 0 Å². The molecule has 1 N–H and O–H groups in total. The van der Waals surface area contributed by atoms with Gasteiger partial charge in [0.05, 0.1) is 18.9 Å². The molecule has 0 aliphatic carbocycles. The molecule has 1 aromatic heterocycles. The van der Waals surface area contributed by atoms with E-state index in [1.807, 2.05) is 37.3 Å². The number of aliphatic hydroxyl groups excluding tert-OH is 1. The SMILES string of the molecule is CCOc1cncc(C(O)CSc2ccc(Br)cc2)c1. The topological polar surface area (TPSA) is 42.4 Å². The van der Waals surface area contributed by atoms with Gasteiger partial charge < -0.3 is 9.84 Å². The van der Waals surface area contributed by atoms with Gasteiger partial charge in [-0.3, -0.25) is 4.98 Å². The number of rotatable bonds is 6. The third-order valence-corrected chi connectivity index (χ3v) is 4.27. The lowest BCUT2D eigenvalue weighted by molar-refractivity contribution is 0.203. The highest BCUT2D eigenvalue weighted by Gasteiger charge is 2.10. The predicted octanol–water partition coefficient (Wildman–Crippen LogP) is 4.07. The van der Waals surface area contributed by atoms with Gasteiger partial charge in [-0.2, -0.15) is 0 Å². The van der Waals surface area contributed by atoms with Gasteiger partial charge in [0.2, 0.25) is 0 Å². The van der Waals surface area contributed by atoms with E-state index in [0.29, 0.717) is 18.1 Å². The van der Waals surface area contributed by atoms with E-state index in [1.54, 1.807) is 24.2 Å². The molecule has 1 aromatic carbocycles. The molecule has 1 atom stereocenters. The highest BCUT2D eigenvalue weighted by atomic mass is 79.9. The van der Waals surface area contributed by atoms with Crippen LogP contribution in [0, 0.1) is 0 Å². The molecular weight excluding hydrogens is 338 g/mol. The predicted molar refractivity (Wildman–Crippen MR) is 85.2 cm³/mol. The number of benzene rings is 1. The zero-order valence-electron chi connectivity index (χ0n) is 11.1. The number of aliphatic hydroxyl groups is 1. The number of ether oxygens (including phenoxy) is 1. The number of nitrogens with zero attached hydrogens (tertiary/aromatic N) is 1. The summed E-state index contributed by atoms with van der Waals surface area (Å²) < 4.78 is 6.44. The minimum absolute atomic E-state index is 0.559. The van der Waals surface area contributed by atoms with E-state index in [2.05, 4.69) is 20.9 Å². The number of pyridine rings is 1. The molecule has 0 aliphatic rings. The number of thioether (sulfide) groups is 1. The van der Waals surface area contributed by atoms with Gasteiger partial charge in [0.1, 0.15) is 5.75 Å². The number of aromatic nitrogens is 1. The summed E-state index contributed by atoms with van der Waals surface area (Å²) in [5.74, 6) is 1.27. The Hall–Kier alpha value is -1.04. The average Bonchev–Trinajstić information content (AvgIpc) is 2.47. The summed E-state index contributed by atoms with van der Waals surface area (Å²) in [5, 5.41) is 10.2. The second-order valence-electron chi connectivity index (χ2n) is 4.17. The third kappa shape index (κ3) is 4.51. The molecule has 106 valence electrons. The van der Waals surface area contributed by atoms with Crippen LogP contribution in [0.15, 0.2) is 52.1 Å². The van der Waals surface area contributed by atoms with Crippen molar-refractivity contribution in [2.24, 2.45) is 0 Å². The first-order chi connectivity index (χ1) is 9.69. The maximum atomic E-state index is 10.2. The van der Waals surface area contributed by atoms with E-state index in [0.717, 1.165) is 14.9 Å². The molecule has 5 heteroatoms. The lowest BCUT2D eigenvalue weighted by Crippen LogP contribution is -2.02. The maximum Gasteiger partial charge on any atom is 0.137 e. The molecule has 0 aliphatic heterocycles. The summed E-state index contributed by atoms with van der Waals surface area (Å²) in [4.78, 5) is 5.22. The Morgan fingerprint density at radius 3 is 2.75 bits per heavy atom. The van der Waals surface area contributed by atoms with Crippen LogP contribution in [-0.2, 0) is 0 Å². The van der Waals surface area contributed by atoms with Crippen LogP contribution < -0.4 is 4.74 Å². The Kier molecular flexibility index (Phi) is 5.88. The van der Waals surface area contributed by atoms with Crippen molar-refractivity contribution in [2.45, 2.75) is 17.9 Å². The van der Waals surface area contributed by atoms with E-state index in [-0.39, 0.29) is 0 Å². The minimum atomic E-state index is -0.559. The molecular formula is C15H16BrNO2S. The molecule has 0 fully saturated rings. The second-order valence-corrected chi connectivity index (χ2v) is 6.18. The van der Waals surface area contributed by atoms with Crippen LogP contribution in [0.25, 0.3) is 0 Å². The van der Waals surface area contributed by atoms with E-state index in [4.69, 9.17) is 4.74 Å². The van der Waals surface area contributed by atoms with E-state index < -0.39 is 6.10 Å². The normalized spacial score (nSPS) is 12.2. The van der Waals surface area contributed by atoms with Gasteiger partial charge in [0.25, 0.3) is 0 Å². The van der Waals surface area contributed by atoms with Crippen molar-refractivity contribution in [3.63, 3.8) is 0 Å². The highest BCUT2D eigenvalue weighted by Crippen LogP contribution is 2.26. The van der Waals surface area contributed by atoms with Crippen molar-refractivity contribution in [2.75, 3.05) is 12.4 Å². The van der Waals surface area contributed by atoms with E-state index in [1.165, 1.54) is 0 Å². The van der Waals surface area contributed by atoms with Crippen LogP contribution in [0.2, 0.25) is 0 Å². The Labute approximate surface area is 131 Å². The minimum Gasteiger partial charge on any atom is -0.492 e. The molecule has 1 unspecified atom stereocenters. The van der Waals surface area contributed by atoms with Crippen molar-refractivity contribution < 1.29 is 9.84 Å². The summed E-state index contributed by atoms with van der Waals surface area (Å²) in [6, 6.07) is 9.87. The van der Waals surface area contributed by atoms with E-state index >= 15 is 0 Å². The summed E-state index contributed by atoms with van der Waals surface area (Å²) in [7, 11) is 0. The Bertz CT molecular complexity index is 548. The molecule has 0 spiro atoms. The first-order valence-electron chi connectivity index (χ1n) is 6.33. The first-order valence-corrected chi connectivity index (χ1v) is 8.11. The molecule has 0 amide bonds. The van der Waals surface area contributed by atoms with E-state index in [9.17, 15) is 5.11 Å². The molecule has 0 bridgehead atoms. The van der Waals surface area contributed by atoms with Gasteiger partial charge in [-0.1, -0.05) is 15.9 Å². The van der Waals surface area contributed by atoms with Crippen LogP contribution >= 0.6 is 27.7 Å². The standard InChI is InChI=1S/C15H16BrNO2S/c1-2-19-13-7-11(8-17-9-13)15(18)10-20-14-5-3-12(16)4-6-14/h3-9,15,18H,2,10H2,1H3. The summed E-state index contributed by atoms with van der Waals surface area (Å²) in [5.41, 5.74) is 0.778. The largest absolute Gasteiger partial charge is 0.492 e. The number of halogens is 1. The fraction of sp³-hybridized carbons (Fsp3) is 0.267. The van der Waals surface area contributed by atoms with Gasteiger partial charge >= 0.3 is 0 Å². The maximum absolute atomic E-state index is 10.2.